The van der Waals surface area contributed by atoms with Gasteiger partial charge in [-0.1, -0.05) is 5.16 Å². The molecule has 172 valence electrons. The van der Waals surface area contributed by atoms with Gasteiger partial charge in [-0.2, -0.15) is 9.29 Å². The Bertz CT molecular complexity index is 1200. The minimum atomic E-state index is -3.65. The molecule has 1 amide bonds. The van der Waals surface area contributed by atoms with E-state index in [0.717, 1.165) is 6.42 Å². The van der Waals surface area contributed by atoms with Gasteiger partial charge in [-0.25, -0.2) is 8.42 Å². The van der Waals surface area contributed by atoms with Crippen molar-refractivity contribution in [2.24, 2.45) is 5.92 Å². The SMILES string of the molecule is Cc1nc(-c2cc(S(=O)(=O)N3CCC(C(=O)NCCc4sccc4C)CC3)c(C)s2)no1. The lowest BCUT2D eigenvalue weighted by Crippen LogP contribution is -2.43. The third-order valence-electron chi connectivity index (χ3n) is 5.68. The van der Waals surface area contributed by atoms with E-state index in [4.69, 9.17) is 4.52 Å². The second-order valence-electron chi connectivity index (χ2n) is 7.91. The minimum absolute atomic E-state index is 0.0118. The van der Waals surface area contributed by atoms with Crippen molar-refractivity contribution in [3.05, 3.63) is 38.7 Å². The third kappa shape index (κ3) is 4.80. The standard InChI is InChI=1S/C21H26N4O4S3/c1-13-7-11-30-17(13)4-8-22-21(26)16-5-9-25(10-6-16)32(27,28)19-12-18(31-14(19)2)20-23-15(3)29-24-20/h7,11-12,16H,4-6,8-10H2,1-3H3,(H,22,26). The Kier molecular flexibility index (Phi) is 6.80. The van der Waals surface area contributed by atoms with Crippen LogP contribution in [0.2, 0.25) is 0 Å². The molecule has 0 aliphatic carbocycles. The van der Waals surface area contributed by atoms with E-state index in [-0.39, 0.29) is 16.7 Å². The summed E-state index contributed by atoms with van der Waals surface area (Å²) in [7, 11) is -3.65. The van der Waals surface area contributed by atoms with E-state index >= 15 is 0 Å². The Balaban J connectivity index is 1.34. The molecule has 0 radical (unpaired) electrons. The van der Waals surface area contributed by atoms with E-state index in [1.165, 1.54) is 26.1 Å². The first-order valence-electron chi connectivity index (χ1n) is 10.5. The summed E-state index contributed by atoms with van der Waals surface area (Å²) in [5.74, 6) is 0.677. The van der Waals surface area contributed by atoms with E-state index in [2.05, 4.69) is 33.8 Å². The number of carbonyl (C=O) groups is 1. The molecular formula is C21H26N4O4S3. The number of piperidine rings is 1. The van der Waals surface area contributed by atoms with Crippen LogP contribution in [-0.4, -0.2) is 48.4 Å². The first-order chi connectivity index (χ1) is 15.3. The number of rotatable bonds is 7. The summed E-state index contributed by atoms with van der Waals surface area (Å²) >= 11 is 3.04. The maximum Gasteiger partial charge on any atom is 0.244 e. The van der Waals surface area contributed by atoms with Crippen molar-refractivity contribution in [2.75, 3.05) is 19.6 Å². The second-order valence-corrected chi connectivity index (χ2v) is 12.1. The third-order valence-corrected chi connectivity index (χ3v) is 9.97. The summed E-state index contributed by atoms with van der Waals surface area (Å²) in [6.45, 7) is 6.81. The molecule has 1 aliphatic rings. The van der Waals surface area contributed by atoms with Crippen LogP contribution in [0.3, 0.4) is 0 Å². The van der Waals surface area contributed by atoms with Crippen molar-refractivity contribution in [1.82, 2.24) is 19.8 Å². The molecule has 1 saturated heterocycles. The van der Waals surface area contributed by atoms with Gasteiger partial charge in [0.05, 0.1) is 9.77 Å². The lowest BCUT2D eigenvalue weighted by molar-refractivity contribution is -0.126. The monoisotopic (exact) mass is 494 g/mol. The lowest BCUT2D eigenvalue weighted by atomic mass is 9.97. The summed E-state index contributed by atoms with van der Waals surface area (Å²) in [4.78, 5) is 19.6. The number of hydrogen-bond acceptors (Lipinski definition) is 8. The highest BCUT2D eigenvalue weighted by Gasteiger charge is 2.34. The minimum Gasteiger partial charge on any atom is -0.355 e. The Hall–Kier alpha value is -2.08. The molecule has 8 nitrogen and oxygen atoms in total. The molecule has 0 spiro atoms. The van der Waals surface area contributed by atoms with Gasteiger partial charge in [0, 0.05) is 42.2 Å². The van der Waals surface area contributed by atoms with Crippen LogP contribution in [0.15, 0.2) is 26.9 Å². The predicted molar refractivity (Wildman–Crippen MR) is 124 cm³/mol. The summed E-state index contributed by atoms with van der Waals surface area (Å²) in [6, 6.07) is 3.70. The Morgan fingerprint density at radius 1 is 1.28 bits per heavy atom. The van der Waals surface area contributed by atoms with Gasteiger partial charge in [-0.15, -0.1) is 22.7 Å². The molecule has 0 atom stereocenters. The summed E-state index contributed by atoms with van der Waals surface area (Å²) in [6.07, 6.45) is 1.86. The Morgan fingerprint density at radius 3 is 2.66 bits per heavy atom. The quantitative estimate of drug-likeness (QED) is 0.539. The van der Waals surface area contributed by atoms with Gasteiger partial charge in [-0.3, -0.25) is 4.79 Å². The predicted octanol–water partition coefficient (Wildman–Crippen LogP) is 3.54. The van der Waals surface area contributed by atoms with Crippen LogP contribution in [0.4, 0.5) is 0 Å². The van der Waals surface area contributed by atoms with E-state index in [1.54, 1.807) is 31.3 Å². The van der Waals surface area contributed by atoms with Gasteiger partial charge in [0.15, 0.2) is 0 Å². The maximum absolute atomic E-state index is 13.2. The molecule has 0 unspecified atom stereocenters. The van der Waals surface area contributed by atoms with E-state index in [1.807, 2.05) is 0 Å². The summed E-state index contributed by atoms with van der Waals surface area (Å²) in [5, 5.41) is 8.96. The van der Waals surface area contributed by atoms with Gasteiger partial charge in [-0.05, 0) is 56.2 Å². The fourth-order valence-corrected chi connectivity index (χ4v) is 7.70. The average Bonchev–Trinajstić information content (AvgIpc) is 3.48. The Morgan fingerprint density at radius 2 is 2.03 bits per heavy atom. The fraction of sp³-hybridized carbons (Fsp3) is 0.476. The van der Waals surface area contributed by atoms with Gasteiger partial charge < -0.3 is 9.84 Å². The van der Waals surface area contributed by atoms with Crippen LogP contribution in [0.1, 0.15) is 34.1 Å². The van der Waals surface area contributed by atoms with Crippen LogP contribution in [0, 0.1) is 26.7 Å². The van der Waals surface area contributed by atoms with Gasteiger partial charge in [0.2, 0.25) is 27.6 Å². The molecule has 0 bridgehead atoms. The molecule has 3 aromatic heterocycles. The van der Waals surface area contributed by atoms with Crippen molar-refractivity contribution >= 4 is 38.6 Å². The van der Waals surface area contributed by atoms with Crippen molar-refractivity contribution in [1.29, 1.82) is 0 Å². The van der Waals surface area contributed by atoms with Gasteiger partial charge >= 0.3 is 0 Å². The number of thiophene rings is 2. The molecule has 4 heterocycles. The van der Waals surface area contributed by atoms with E-state index < -0.39 is 10.0 Å². The first-order valence-corrected chi connectivity index (χ1v) is 13.6. The van der Waals surface area contributed by atoms with Crippen molar-refractivity contribution < 1.29 is 17.7 Å². The van der Waals surface area contributed by atoms with Crippen molar-refractivity contribution in [3.8, 4) is 10.7 Å². The smallest absolute Gasteiger partial charge is 0.244 e. The van der Waals surface area contributed by atoms with Crippen LogP contribution >= 0.6 is 22.7 Å². The zero-order valence-electron chi connectivity index (χ0n) is 18.3. The maximum atomic E-state index is 13.2. The number of nitrogens with one attached hydrogen (secondary N) is 1. The van der Waals surface area contributed by atoms with E-state index in [0.29, 0.717) is 53.9 Å². The largest absolute Gasteiger partial charge is 0.355 e. The average molecular weight is 495 g/mol. The molecular weight excluding hydrogens is 468 g/mol. The van der Waals surface area contributed by atoms with Crippen molar-refractivity contribution in [3.63, 3.8) is 0 Å². The molecule has 0 aromatic carbocycles. The lowest BCUT2D eigenvalue weighted by Gasteiger charge is -2.30. The van der Waals surface area contributed by atoms with Crippen molar-refractivity contribution in [2.45, 2.75) is 44.9 Å². The molecule has 0 saturated carbocycles. The number of aromatic nitrogens is 2. The topological polar surface area (TPSA) is 105 Å². The summed E-state index contributed by atoms with van der Waals surface area (Å²) in [5.41, 5.74) is 1.25. The van der Waals surface area contributed by atoms with Crippen LogP contribution < -0.4 is 5.32 Å². The zero-order valence-corrected chi connectivity index (χ0v) is 20.7. The molecule has 4 rings (SSSR count). The molecule has 11 heteroatoms. The molecule has 1 aliphatic heterocycles. The number of carbonyl (C=O) groups excluding carboxylic acids is 1. The number of nitrogens with zero attached hydrogens (tertiary/aromatic N) is 3. The highest BCUT2D eigenvalue weighted by Crippen LogP contribution is 2.34. The highest BCUT2D eigenvalue weighted by atomic mass is 32.2. The van der Waals surface area contributed by atoms with Gasteiger partial charge in [0.1, 0.15) is 0 Å². The number of sulfonamides is 1. The van der Waals surface area contributed by atoms with E-state index in [9.17, 15) is 13.2 Å². The summed E-state index contributed by atoms with van der Waals surface area (Å²) < 4.78 is 33.0. The molecule has 3 aromatic rings. The van der Waals surface area contributed by atoms with Crippen LogP contribution in [0.25, 0.3) is 10.7 Å². The number of aryl methyl sites for hydroxylation is 3. The molecule has 1 fully saturated rings. The highest BCUT2D eigenvalue weighted by molar-refractivity contribution is 7.89. The Labute approximate surface area is 195 Å². The number of amides is 1. The van der Waals surface area contributed by atoms with Crippen LogP contribution in [-0.2, 0) is 21.2 Å². The van der Waals surface area contributed by atoms with Crippen LogP contribution in [0.5, 0.6) is 0 Å². The second kappa shape index (κ2) is 9.42. The molecule has 32 heavy (non-hydrogen) atoms. The molecule has 1 N–H and O–H groups in total. The van der Waals surface area contributed by atoms with Gasteiger partial charge in [0.25, 0.3) is 0 Å². The first kappa shape index (κ1) is 23.1. The zero-order chi connectivity index (χ0) is 22.9. The number of hydrogen-bond donors (Lipinski definition) is 1. The normalized spacial score (nSPS) is 15.8. The fourth-order valence-electron chi connectivity index (χ4n) is 3.83.